The van der Waals surface area contributed by atoms with Gasteiger partial charge in [-0.15, -0.1) is 0 Å². The Kier molecular flexibility index (Phi) is 51.6. The number of halogens is 2. The molecular weight excluding hydrogens is 640 g/mol. The smallest absolute Gasteiger partial charge is 0.303 e. The molecule has 27 heavy (non-hydrogen) atoms. The van der Waals surface area contributed by atoms with E-state index in [1.165, 1.54) is 6.42 Å². The van der Waals surface area contributed by atoms with Gasteiger partial charge in [0.25, 0.3) is 0 Å². The fourth-order valence-corrected chi connectivity index (χ4v) is 1.95. The van der Waals surface area contributed by atoms with Crippen molar-refractivity contribution >= 4 is 51.2 Å². The molecule has 2 radical (unpaired) electrons. The molecular formula is C21H42I2O2V2-2. The van der Waals surface area contributed by atoms with Crippen LogP contribution >= 0.6 is 45.2 Å². The van der Waals surface area contributed by atoms with Gasteiger partial charge in [0.15, 0.2) is 0 Å². The van der Waals surface area contributed by atoms with Gasteiger partial charge in [-0.25, -0.2) is 0 Å². The minimum atomic E-state index is -0.679. The number of carboxylic acid groups (broad SMARTS) is 1. The Morgan fingerprint density at radius 2 is 1.48 bits per heavy atom. The third kappa shape index (κ3) is 35.6. The molecule has 0 rings (SSSR count). The molecule has 0 heterocycles. The maximum atomic E-state index is 10.5. The molecule has 6 heteroatoms. The zero-order valence-electron chi connectivity index (χ0n) is 18.5. The number of hydrogen-bond acceptors (Lipinski definition) is 1. The van der Waals surface area contributed by atoms with Crippen LogP contribution in [0.3, 0.4) is 0 Å². The van der Waals surface area contributed by atoms with Crippen molar-refractivity contribution in [2.45, 2.75) is 87.0 Å². The SMILES string of the molecule is CC.CCC(C)(C)C/C=C\C[C@H](C)[C@@H](C)CCCC(=O)O.[CH2-]I.[CH2-]I.[V].[V]. The largest absolute Gasteiger partial charge is 0.481 e. The Morgan fingerprint density at radius 1 is 1.04 bits per heavy atom. The van der Waals surface area contributed by atoms with Crippen molar-refractivity contribution in [3.8, 4) is 0 Å². The van der Waals surface area contributed by atoms with Crippen LogP contribution in [0.2, 0.25) is 0 Å². The molecule has 0 amide bonds. The third-order valence-electron chi connectivity index (χ3n) is 4.32. The van der Waals surface area contributed by atoms with Crippen molar-refractivity contribution in [3.63, 3.8) is 0 Å². The van der Waals surface area contributed by atoms with E-state index in [-0.39, 0.29) is 37.1 Å². The molecule has 0 fully saturated rings. The van der Waals surface area contributed by atoms with Crippen LogP contribution in [0.1, 0.15) is 87.0 Å². The minimum absolute atomic E-state index is 0. The minimum Gasteiger partial charge on any atom is -0.481 e. The van der Waals surface area contributed by atoms with E-state index in [1.54, 1.807) is 0 Å². The van der Waals surface area contributed by atoms with Crippen LogP contribution in [0.15, 0.2) is 12.2 Å². The van der Waals surface area contributed by atoms with Crippen LogP contribution in [0.5, 0.6) is 0 Å². The normalized spacial score (nSPS) is 11.7. The van der Waals surface area contributed by atoms with E-state index >= 15 is 0 Å². The van der Waals surface area contributed by atoms with Crippen molar-refractivity contribution in [2.24, 2.45) is 17.3 Å². The second kappa shape index (κ2) is 32.5. The summed E-state index contributed by atoms with van der Waals surface area (Å²) in [5, 5.41) is 8.63. The molecule has 2 atom stereocenters. The molecule has 0 aromatic rings. The summed E-state index contributed by atoms with van der Waals surface area (Å²) in [4.78, 5) is 16.9. The first kappa shape index (κ1) is 42.8. The first-order valence-corrected chi connectivity index (χ1v) is 12.2. The van der Waals surface area contributed by atoms with Gasteiger partial charge in [-0.1, -0.05) is 67.0 Å². The van der Waals surface area contributed by atoms with E-state index in [0.717, 1.165) is 25.7 Å². The van der Waals surface area contributed by atoms with Crippen molar-refractivity contribution in [1.82, 2.24) is 0 Å². The molecule has 0 bridgehead atoms. The number of carbonyl (C=O) groups is 1. The van der Waals surface area contributed by atoms with Gasteiger partial charge in [0, 0.05) is 43.5 Å². The zero-order valence-corrected chi connectivity index (χ0v) is 25.6. The number of hydrogen-bond donors (Lipinski definition) is 1. The predicted octanol–water partition coefficient (Wildman–Crippen LogP) is 8.73. The molecule has 0 unspecified atom stereocenters. The third-order valence-corrected chi connectivity index (χ3v) is 4.32. The monoisotopic (exact) mass is 682 g/mol. The van der Waals surface area contributed by atoms with E-state index in [9.17, 15) is 4.79 Å². The molecule has 0 aliphatic rings. The number of aliphatic carboxylic acids is 1. The summed E-state index contributed by atoms with van der Waals surface area (Å²) in [6.07, 6.45) is 10.2. The van der Waals surface area contributed by atoms with Crippen molar-refractivity contribution in [2.75, 3.05) is 0 Å². The molecule has 0 saturated carbocycles. The van der Waals surface area contributed by atoms with Crippen LogP contribution in [0.4, 0.5) is 0 Å². The van der Waals surface area contributed by atoms with Crippen LogP contribution in [-0.4, -0.2) is 11.1 Å². The molecule has 0 aliphatic heterocycles. The molecule has 164 valence electrons. The van der Waals surface area contributed by atoms with Gasteiger partial charge in [0.05, 0.1) is 0 Å². The summed E-state index contributed by atoms with van der Waals surface area (Å²) >= 11 is 3.80. The Hall–Kier alpha value is 1.84. The van der Waals surface area contributed by atoms with Gasteiger partial charge < -0.3 is 50.3 Å². The van der Waals surface area contributed by atoms with Gasteiger partial charge in [-0.2, -0.15) is 0 Å². The van der Waals surface area contributed by atoms with Gasteiger partial charge >= 0.3 is 5.97 Å². The topological polar surface area (TPSA) is 37.3 Å². The molecule has 0 aliphatic carbocycles. The fraction of sp³-hybridized carbons (Fsp3) is 0.762. The molecule has 1 N–H and O–H groups in total. The number of carboxylic acids is 1. The molecule has 0 saturated heterocycles. The van der Waals surface area contributed by atoms with Crippen LogP contribution in [0.25, 0.3) is 0 Å². The predicted molar refractivity (Wildman–Crippen MR) is 132 cm³/mol. The standard InChI is InChI=1S/C17H32O2.C2H6.2CH2I.2V/c1-6-17(4,5)13-8-7-10-14(2)15(3)11-9-12-16(18)19;3*1-2;;/h7-8,14-15H,6,9-13H2,1-5H3,(H,18,19);1-2H3;2*1H2;;/q;;2*-1;;/b8-7-;;;;;/t14-,15-;;;;;/m0...../s1. The summed E-state index contributed by atoms with van der Waals surface area (Å²) in [6, 6.07) is 0. The summed E-state index contributed by atoms with van der Waals surface area (Å²) in [5.41, 5.74) is 0.410. The zero-order chi connectivity index (χ0) is 20.9. The summed E-state index contributed by atoms with van der Waals surface area (Å²) in [5.74, 6) is 0.555. The average molecular weight is 682 g/mol. The summed E-state index contributed by atoms with van der Waals surface area (Å²) < 4.78 is 0. The first-order chi connectivity index (χ1) is 11.8. The van der Waals surface area contributed by atoms with Crippen LogP contribution < -0.4 is 0 Å². The fourth-order valence-electron chi connectivity index (χ4n) is 1.95. The molecule has 0 spiro atoms. The van der Waals surface area contributed by atoms with Crippen molar-refractivity contribution in [1.29, 1.82) is 0 Å². The Bertz CT molecular complexity index is 300. The van der Waals surface area contributed by atoms with E-state index < -0.39 is 5.97 Å². The van der Waals surface area contributed by atoms with E-state index in [0.29, 0.717) is 23.7 Å². The maximum absolute atomic E-state index is 10.5. The average Bonchev–Trinajstić information content (AvgIpc) is 2.63. The second-order valence-corrected chi connectivity index (χ2v) is 6.67. The number of rotatable bonds is 10. The first-order valence-electron chi connectivity index (χ1n) is 9.18. The molecule has 0 aromatic carbocycles. The van der Waals surface area contributed by atoms with E-state index in [4.69, 9.17) is 5.11 Å². The van der Waals surface area contributed by atoms with Crippen LogP contribution in [0, 0.1) is 27.1 Å². The van der Waals surface area contributed by atoms with Gasteiger partial charge in [0.2, 0.25) is 0 Å². The van der Waals surface area contributed by atoms with E-state index in [1.807, 2.05) is 59.0 Å². The quantitative estimate of drug-likeness (QED) is 0.142. The van der Waals surface area contributed by atoms with E-state index in [2.05, 4.69) is 56.6 Å². The summed E-state index contributed by atoms with van der Waals surface area (Å²) in [6.45, 7) is 15.3. The second-order valence-electron chi connectivity index (χ2n) is 6.67. The van der Waals surface area contributed by atoms with Crippen molar-refractivity contribution < 1.29 is 47.0 Å². The Morgan fingerprint density at radius 3 is 1.85 bits per heavy atom. The van der Waals surface area contributed by atoms with Gasteiger partial charge in [0.1, 0.15) is 0 Å². The van der Waals surface area contributed by atoms with Gasteiger partial charge in [-0.05, 0) is 42.9 Å². The summed E-state index contributed by atoms with van der Waals surface area (Å²) in [7, 11) is 0. The van der Waals surface area contributed by atoms with Gasteiger partial charge in [-0.3, -0.25) is 14.7 Å². The van der Waals surface area contributed by atoms with Crippen LogP contribution in [-0.2, 0) is 41.9 Å². The maximum Gasteiger partial charge on any atom is 0.303 e. The molecule has 0 aromatic heterocycles. The Labute approximate surface area is 222 Å². The Balaban J connectivity index is -0.000000124. The molecule has 2 nitrogen and oxygen atoms in total. The van der Waals surface area contributed by atoms with Crippen molar-refractivity contribution in [3.05, 3.63) is 22.0 Å². The number of allylic oxidation sites excluding steroid dienone is 2.